The molecule has 6 heteroatoms. The molecular weight excluding hydrogens is 344 g/mol. The Morgan fingerprint density at radius 1 is 1.38 bits per heavy atom. The van der Waals surface area contributed by atoms with Crippen LogP contribution in [0.1, 0.15) is 12.8 Å². The number of halogens is 3. The van der Waals surface area contributed by atoms with Crippen LogP contribution in [0.25, 0.3) is 0 Å². The van der Waals surface area contributed by atoms with E-state index in [2.05, 4.69) is 31.8 Å². The summed E-state index contributed by atoms with van der Waals surface area (Å²) in [6, 6.07) is 3.71. The molecule has 0 spiro atoms. The minimum Gasteiger partial charge on any atom is -0.246 e. The molecule has 0 aromatic carbocycles. The van der Waals surface area contributed by atoms with Gasteiger partial charge < -0.3 is 0 Å². The molecule has 0 radical (unpaired) electrons. The Morgan fingerprint density at radius 3 is 2.50 bits per heavy atom. The van der Waals surface area contributed by atoms with Gasteiger partial charge in [0.25, 0.3) is 0 Å². The Bertz CT molecular complexity index is 328. The Morgan fingerprint density at radius 2 is 2.00 bits per heavy atom. The van der Waals surface area contributed by atoms with Crippen LogP contribution in [0.3, 0.4) is 0 Å². The summed E-state index contributed by atoms with van der Waals surface area (Å²) in [7, 11) is 2.34. The maximum absolute atomic E-state index is 13.9. The monoisotopic (exact) mass is 356 g/mol. The van der Waals surface area contributed by atoms with Crippen LogP contribution in [-0.4, -0.2) is 21.9 Å². The number of nitriles is 2. The van der Waals surface area contributed by atoms with Crippen LogP contribution < -0.4 is 0 Å². The molecule has 1 rings (SSSR count). The van der Waals surface area contributed by atoms with E-state index in [9.17, 15) is 8.78 Å². The van der Waals surface area contributed by atoms with Gasteiger partial charge in [0.15, 0.2) is 0 Å². The van der Waals surface area contributed by atoms with Crippen LogP contribution >= 0.6 is 31.8 Å². The van der Waals surface area contributed by atoms with Gasteiger partial charge in [0.2, 0.25) is 0 Å². The van der Waals surface area contributed by atoms with Crippen molar-refractivity contribution in [3.05, 3.63) is 0 Å². The molecule has 1 fully saturated rings. The number of rotatable bonds is 1. The summed E-state index contributed by atoms with van der Waals surface area (Å²) >= 11 is 2.05. The zero-order valence-electron chi connectivity index (χ0n) is 8.48. The van der Waals surface area contributed by atoms with E-state index in [1.165, 1.54) is 0 Å². The number of nitrogens with zero attached hydrogens (tertiary/aromatic N) is 2. The fourth-order valence-electron chi connectivity index (χ4n) is 1.97. The fourth-order valence-corrected chi connectivity index (χ4v) is 4.29. The van der Waals surface area contributed by atoms with Crippen LogP contribution in [0.5, 0.6) is 0 Å². The first-order valence-corrected chi connectivity index (χ1v) is 6.88. The summed E-state index contributed by atoms with van der Waals surface area (Å²) in [6.45, 7) is 0. The fraction of sp³-hybridized carbons (Fsp3) is 0.800. The maximum atomic E-state index is 13.9. The van der Waals surface area contributed by atoms with Crippen molar-refractivity contribution in [1.29, 1.82) is 10.5 Å². The van der Waals surface area contributed by atoms with E-state index in [-0.39, 0.29) is 22.7 Å². The van der Waals surface area contributed by atoms with Gasteiger partial charge in [-0.15, -0.1) is 9.24 Å². The lowest BCUT2D eigenvalue weighted by Gasteiger charge is -2.25. The van der Waals surface area contributed by atoms with Crippen LogP contribution in [0.2, 0.25) is 0 Å². The molecule has 2 nitrogen and oxygen atoms in total. The van der Waals surface area contributed by atoms with Crippen molar-refractivity contribution < 1.29 is 8.78 Å². The molecule has 1 aliphatic carbocycles. The molecule has 1 aliphatic rings. The van der Waals surface area contributed by atoms with Gasteiger partial charge in [-0.05, 0) is 12.3 Å². The molecule has 7 atom stereocenters. The third kappa shape index (κ3) is 2.81. The lowest BCUT2D eigenvalue weighted by atomic mass is 9.94. The number of alkyl halides is 3. The molecule has 0 saturated heterocycles. The molecule has 1 saturated carbocycles. The van der Waals surface area contributed by atoms with Crippen molar-refractivity contribution >= 4 is 31.8 Å². The second-order valence-corrected chi connectivity index (χ2v) is 6.34. The Kier molecular flexibility index (Phi) is 5.34. The summed E-state index contributed by atoms with van der Waals surface area (Å²) in [5.74, 6) is -1.41. The molecular formula is C10H12F2IN2P. The smallest absolute Gasteiger partial charge is 0.125 e. The second kappa shape index (κ2) is 6.07. The first-order valence-electron chi connectivity index (χ1n) is 4.97. The van der Waals surface area contributed by atoms with E-state index in [0.29, 0.717) is 0 Å². The highest BCUT2D eigenvalue weighted by Crippen LogP contribution is 2.40. The number of hydrogen-bond acceptors (Lipinski definition) is 2. The first-order chi connectivity index (χ1) is 7.52. The third-order valence-electron chi connectivity index (χ3n) is 2.99. The van der Waals surface area contributed by atoms with E-state index >= 15 is 0 Å². The maximum Gasteiger partial charge on any atom is 0.125 e. The predicted octanol–water partition coefficient (Wildman–Crippen LogP) is 2.78. The van der Waals surface area contributed by atoms with E-state index in [4.69, 9.17) is 10.5 Å². The van der Waals surface area contributed by atoms with Gasteiger partial charge in [-0.2, -0.15) is 10.5 Å². The van der Waals surface area contributed by atoms with Gasteiger partial charge >= 0.3 is 0 Å². The quantitative estimate of drug-likeness (QED) is 0.314. The van der Waals surface area contributed by atoms with E-state index in [1.807, 2.05) is 6.07 Å². The summed E-state index contributed by atoms with van der Waals surface area (Å²) in [6.07, 6.45) is -2.60. The lowest BCUT2D eigenvalue weighted by Crippen LogP contribution is -2.32. The van der Waals surface area contributed by atoms with Crippen LogP contribution in [-0.2, 0) is 0 Å². The van der Waals surface area contributed by atoms with Gasteiger partial charge in [0.1, 0.15) is 18.3 Å². The molecule has 7 unspecified atom stereocenters. The summed E-state index contributed by atoms with van der Waals surface area (Å²) in [4.78, 5) is 0. The Balaban J connectivity index is 2.94. The second-order valence-electron chi connectivity index (χ2n) is 3.97. The molecule has 0 N–H and O–H groups in total. The van der Waals surface area contributed by atoms with Crippen LogP contribution in [0.15, 0.2) is 0 Å². The van der Waals surface area contributed by atoms with Gasteiger partial charge in [-0.1, -0.05) is 22.6 Å². The van der Waals surface area contributed by atoms with E-state index < -0.39 is 23.9 Å². The Labute approximate surface area is 110 Å². The van der Waals surface area contributed by atoms with Gasteiger partial charge in [-0.3, -0.25) is 0 Å². The van der Waals surface area contributed by atoms with Crippen molar-refractivity contribution in [3.8, 4) is 12.1 Å². The van der Waals surface area contributed by atoms with Crippen molar-refractivity contribution in [3.63, 3.8) is 0 Å². The molecule has 0 aromatic rings. The van der Waals surface area contributed by atoms with Gasteiger partial charge in [-0.25, -0.2) is 8.78 Å². The normalized spacial score (nSPS) is 44.1. The molecule has 16 heavy (non-hydrogen) atoms. The molecule has 0 amide bonds. The topological polar surface area (TPSA) is 47.6 Å². The van der Waals surface area contributed by atoms with Crippen molar-refractivity contribution in [2.45, 2.75) is 34.8 Å². The predicted molar refractivity (Wildman–Crippen MR) is 68.5 cm³/mol. The summed E-state index contributed by atoms with van der Waals surface area (Å²) in [5.41, 5.74) is -0.521. The molecule has 0 bridgehead atoms. The van der Waals surface area contributed by atoms with E-state index in [0.717, 1.165) is 0 Å². The summed E-state index contributed by atoms with van der Waals surface area (Å²) < 4.78 is 27.4. The molecule has 0 aromatic heterocycles. The third-order valence-corrected chi connectivity index (χ3v) is 5.28. The average molecular weight is 356 g/mol. The van der Waals surface area contributed by atoms with Gasteiger partial charge in [0, 0.05) is 16.0 Å². The molecule has 88 valence electrons. The zero-order chi connectivity index (χ0) is 12.3. The van der Waals surface area contributed by atoms with Crippen LogP contribution in [0, 0.1) is 34.5 Å². The molecule has 0 aliphatic heterocycles. The minimum atomic E-state index is -1.51. The van der Waals surface area contributed by atoms with Crippen molar-refractivity contribution in [2.75, 3.05) is 0 Å². The summed E-state index contributed by atoms with van der Waals surface area (Å²) in [5, 5.41) is 17.4. The minimum absolute atomic E-state index is 0.105. The standard InChI is InChI=1S/C10H12F2IN2P/c11-7-3-8(13)5(1-2-14)10(16)9(12)6(7)4-15/h5-10H,1,3,16H2. The average Bonchev–Trinajstić information content (AvgIpc) is 2.31. The highest BCUT2D eigenvalue weighted by molar-refractivity contribution is 14.1. The first kappa shape index (κ1) is 14.1. The Hall–Kier alpha value is 0. The van der Waals surface area contributed by atoms with Crippen molar-refractivity contribution in [2.24, 2.45) is 11.8 Å². The zero-order valence-corrected chi connectivity index (χ0v) is 11.8. The SMILES string of the molecule is N#CCC1C(I)CC(F)C(C#N)C(F)C1P. The van der Waals surface area contributed by atoms with Crippen molar-refractivity contribution in [1.82, 2.24) is 0 Å². The van der Waals surface area contributed by atoms with E-state index in [1.54, 1.807) is 6.07 Å². The highest BCUT2D eigenvalue weighted by Gasteiger charge is 2.44. The van der Waals surface area contributed by atoms with Crippen LogP contribution in [0.4, 0.5) is 8.78 Å². The lowest BCUT2D eigenvalue weighted by molar-refractivity contribution is 0.169. The molecule has 0 heterocycles. The highest BCUT2D eigenvalue weighted by atomic mass is 127. The number of hydrogen-bond donors (Lipinski definition) is 0. The van der Waals surface area contributed by atoms with Gasteiger partial charge in [0.05, 0.1) is 12.1 Å². The largest absolute Gasteiger partial charge is 0.246 e.